The molecule has 1 atom stereocenters. The monoisotopic (exact) mass is 292 g/mol. The molecule has 0 unspecified atom stereocenters. The zero-order valence-corrected chi connectivity index (χ0v) is 13.8. The molecule has 1 aliphatic rings. The number of aromatic nitrogens is 2. The van der Waals surface area contributed by atoms with Crippen molar-refractivity contribution in [3.8, 4) is 0 Å². The van der Waals surface area contributed by atoms with E-state index in [-0.39, 0.29) is 5.91 Å². The van der Waals surface area contributed by atoms with E-state index in [2.05, 4.69) is 30.0 Å². The van der Waals surface area contributed by atoms with Crippen LogP contribution in [0.3, 0.4) is 0 Å². The minimum Gasteiger partial charge on any atom is -0.345 e. The molecule has 1 saturated heterocycles. The second-order valence-corrected chi connectivity index (χ2v) is 6.45. The van der Waals surface area contributed by atoms with E-state index < -0.39 is 0 Å². The lowest BCUT2D eigenvalue weighted by Gasteiger charge is -2.21. The Morgan fingerprint density at radius 3 is 2.81 bits per heavy atom. The van der Waals surface area contributed by atoms with E-state index in [1.807, 2.05) is 23.6 Å². The van der Waals surface area contributed by atoms with Gasteiger partial charge in [0.1, 0.15) is 0 Å². The van der Waals surface area contributed by atoms with E-state index in [9.17, 15) is 4.79 Å². The molecular formula is C16H28N4O. The van der Waals surface area contributed by atoms with Crippen molar-refractivity contribution in [1.82, 2.24) is 19.6 Å². The molecular weight excluding hydrogens is 264 g/mol. The highest BCUT2D eigenvalue weighted by Crippen LogP contribution is 2.15. The van der Waals surface area contributed by atoms with Crippen LogP contribution in [0.5, 0.6) is 0 Å². The van der Waals surface area contributed by atoms with Crippen molar-refractivity contribution in [3.05, 3.63) is 17.5 Å². The van der Waals surface area contributed by atoms with Crippen LogP contribution < -0.4 is 0 Å². The Hall–Kier alpha value is -1.36. The molecule has 118 valence electrons. The Kier molecular flexibility index (Phi) is 5.39. The molecule has 2 heterocycles. The molecule has 1 aliphatic heterocycles. The first-order valence-corrected chi connectivity index (χ1v) is 7.89. The summed E-state index contributed by atoms with van der Waals surface area (Å²) in [6.07, 6.45) is 2.67. The van der Waals surface area contributed by atoms with Gasteiger partial charge in [-0.1, -0.05) is 0 Å². The van der Waals surface area contributed by atoms with Gasteiger partial charge >= 0.3 is 0 Å². The quantitative estimate of drug-likeness (QED) is 0.801. The number of hydrogen-bond acceptors (Lipinski definition) is 3. The zero-order valence-electron chi connectivity index (χ0n) is 13.8. The fraction of sp³-hybridized carbons (Fsp3) is 0.750. The third-order valence-corrected chi connectivity index (χ3v) is 4.31. The predicted molar refractivity (Wildman–Crippen MR) is 84.2 cm³/mol. The van der Waals surface area contributed by atoms with Crippen molar-refractivity contribution in [2.75, 3.05) is 33.7 Å². The van der Waals surface area contributed by atoms with Gasteiger partial charge in [0.2, 0.25) is 5.91 Å². The van der Waals surface area contributed by atoms with Gasteiger partial charge in [0, 0.05) is 38.8 Å². The number of rotatable bonds is 6. The number of carbonyl (C=O) groups is 1. The Labute approximate surface area is 127 Å². The van der Waals surface area contributed by atoms with Crippen molar-refractivity contribution in [2.24, 2.45) is 5.92 Å². The van der Waals surface area contributed by atoms with Crippen molar-refractivity contribution in [3.63, 3.8) is 0 Å². The van der Waals surface area contributed by atoms with E-state index >= 15 is 0 Å². The molecule has 0 aliphatic carbocycles. The Morgan fingerprint density at radius 2 is 2.24 bits per heavy atom. The maximum atomic E-state index is 12.2. The largest absolute Gasteiger partial charge is 0.345 e. The number of carbonyl (C=O) groups excluding carboxylic acids is 1. The van der Waals surface area contributed by atoms with E-state index in [4.69, 9.17) is 0 Å². The highest BCUT2D eigenvalue weighted by Gasteiger charge is 2.22. The van der Waals surface area contributed by atoms with E-state index in [1.165, 1.54) is 12.1 Å². The molecule has 0 N–H and O–H groups in total. The fourth-order valence-electron chi connectivity index (χ4n) is 3.14. The highest BCUT2D eigenvalue weighted by atomic mass is 16.2. The van der Waals surface area contributed by atoms with Gasteiger partial charge < -0.3 is 9.80 Å². The predicted octanol–water partition coefficient (Wildman–Crippen LogP) is 1.69. The molecule has 0 bridgehead atoms. The molecule has 1 aromatic heterocycles. The molecule has 2 rings (SSSR count). The van der Waals surface area contributed by atoms with Gasteiger partial charge in [0.05, 0.1) is 5.69 Å². The number of amides is 1. The van der Waals surface area contributed by atoms with E-state index in [0.717, 1.165) is 38.3 Å². The summed E-state index contributed by atoms with van der Waals surface area (Å²) in [4.78, 5) is 16.4. The highest BCUT2D eigenvalue weighted by molar-refractivity contribution is 5.75. The van der Waals surface area contributed by atoms with Crippen LogP contribution in [0.1, 0.15) is 30.7 Å². The molecule has 21 heavy (non-hydrogen) atoms. The van der Waals surface area contributed by atoms with Crippen LogP contribution in [0.4, 0.5) is 0 Å². The lowest BCUT2D eigenvalue weighted by molar-refractivity contribution is -0.130. The molecule has 0 saturated carbocycles. The lowest BCUT2D eigenvalue weighted by atomic mass is 10.1. The van der Waals surface area contributed by atoms with Crippen molar-refractivity contribution in [1.29, 1.82) is 0 Å². The van der Waals surface area contributed by atoms with Crippen LogP contribution in [0.2, 0.25) is 0 Å². The Balaban J connectivity index is 1.70. The third-order valence-electron chi connectivity index (χ3n) is 4.31. The van der Waals surface area contributed by atoms with Crippen LogP contribution >= 0.6 is 0 Å². The summed E-state index contributed by atoms with van der Waals surface area (Å²) in [5.41, 5.74) is 2.21. The van der Waals surface area contributed by atoms with Crippen molar-refractivity contribution >= 4 is 5.91 Å². The van der Waals surface area contributed by atoms with E-state index in [1.54, 1.807) is 0 Å². The van der Waals surface area contributed by atoms with Crippen LogP contribution in [0, 0.1) is 19.8 Å². The molecule has 1 fully saturated rings. The third kappa shape index (κ3) is 4.56. The first-order chi connectivity index (χ1) is 9.95. The Morgan fingerprint density at radius 1 is 1.48 bits per heavy atom. The number of nitrogens with zero attached hydrogens (tertiary/aromatic N) is 4. The average molecular weight is 292 g/mol. The fourth-order valence-corrected chi connectivity index (χ4v) is 3.14. The van der Waals surface area contributed by atoms with Crippen LogP contribution in [-0.2, 0) is 11.3 Å². The second-order valence-electron chi connectivity index (χ2n) is 6.45. The van der Waals surface area contributed by atoms with Crippen molar-refractivity contribution < 1.29 is 4.79 Å². The smallest absolute Gasteiger partial charge is 0.222 e. The standard InChI is InChI=1S/C16H28N4O/c1-13-10-14(2)20(17-13)8-5-6-16(21)19(4)12-15-7-9-18(3)11-15/h10,15H,5-9,11-12H2,1-4H3/t15-/m1/s1. The minimum absolute atomic E-state index is 0.256. The van der Waals surface area contributed by atoms with Crippen LogP contribution in [0.25, 0.3) is 0 Å². The Bertz CT molecular complexity index is 483. The topological polar surface area (TPSA) is 41.4 Å². The summed E-state index contributed by atoms with van der Waals surface area (Å²) >= 11 is 0. The first-order valence-electron chi connectivity index (χ1n) is 7.89. The van der Waals surface area contributed by atoms with Crippen LogP contribution in [0.15, 0.2) is 6.07 Å². The summed E-state index contributed by atoms with van der Waals surface area (Å²) < 4.78 is 1.99. The lowest BCUT2D eigenvalue weighted by Crippen LogP contribution is -2.32. The van der Waals surface area contributed by atoms with Gasteiger partial charge in [-0.3, -0.25) is 9.48 Å². The van der Waals surface area contributed by atoms with Crippen LogP contribution in [-0.4, -0.2) is 59.2 Å². The van der Waals surface area contributed by atoms with Gasteiger partial charge in [-0.15, -0.1) is 0 Å². The summed E-state index contributed by atoms with van der Waals surface area (Å²) in [7, 11) is 4.08. The molecule has 5 heteroatoms. The number of likely N-dealkylation sites (tertiary alicyclic amines) is 1. The molecule has 5 nitrogen and oxygen atoms in total. The number of hydrogen-bond donors (Lipinski definition) is 0. The van der Waals surface area contributed by atoms with Gasteiger partial charge in [-0.2, -0.15) is 5.10 Å². The first kappa shape index (κ1) is 16.0. The second kappa shape index (κ2) is 7.07. The molecule has 0 spiro atoms. The SMILES string of the molecule is Cc1cc(C)n(CCCC(=O)N(C)C[C@@H]2CCN(C)C2)n1. The van der Waals surface area contributed by atoms with Gasteiger partial charge in [-0.25, -0.2) is 0 Å². The van der Waals surface area contributed by atoms with Gasteiger partial charge in [0.15, 0.2) is 0 Å². The summed E-state index contributed by atoms with van der Waals surface area (Å²) in [6.45, 7) is 8.05. The average Bonchev–Trinajstić information content (AvgIpc) is 2.95. The van der Waals surface area contributed by atoms with Gasteiger partial charge in [-0.05, 0) is 52.3 Å². The zero-order chi connectivity index (χ0) is 15.4. The van der Waals surface area contributed by atoms with E-state index in [0.29, 0.717) is 12.3 Å². The maximum Gasteiger partial charge on any atom is 0.222 e. The summed E-state index contributed by atoms with van der Waals surface area (Å²) in [5.74, 6) is 0.894. The van der Waals surface area contributed by atoms with Crippen molar-refractivity contribution in [2.45, 2.75) is 39.7 Å². The summed E-state index contributed by atoms with van der Waals surface area (Å²) in [5, 5.41) is 4.43. The molecule has 0 radical (unpaired) electrons. The number of aryl methyl sites for hydroxylation is 3. The molecule has 1 aromatic rings. The molecule has 0 aromatic carbocycles. The van der Waals surface area contributed by atoms with Gasteiger partial charge in [0.25, 0.3) is 0 Å². The summed E-state index contributed by atoms with van der Waals surface area (Å²) in [6, 6.07) is 2.07. The maximum absolute atomic E-state index is 12.2. The normalized spacial score (nSPS) is 19.1. The minimum atomic E-state index is 0.256. The molecule has 1 amide bonds.